The Hall–Kier alpha value is -0.830. The van der Waals surface area contributed by atoms with E-state index in [1.165, 1.54) is 12.0 Å². The first-order valence-corrected chi connectivity index (χ1v) is 6.65. The minimum absolute atomic E-state index is 0.103. The monoisotopic (exact) mass is 239 g/mol. The standard InChI is InChI=1S/C14H25NO2/c1-11(2)7-13(9-15)8-14(16)17-10-12-5-3-4-6-12/h5,11,13H,3-4,6-10,15H2,1-2H3/t13-/m0/s1. The molecule has 0 aromatic carbocycles. The SMILES string of the molecule is CC(C)C[C@H](CN)CC(=O)OCC1=CCCC1. The summed E-state index contributed by atoms with van der Waals surface area (Å²) in [6, 6.07) is 0. The number of hydrogen-bond donors (Lipinski definition) is 1. The Balaban J connectivity index is 2.22. The second-order valence-electron chi connectivity index (χ2n) is 5.35. The highest BCUT2D eigenvalue weighted by molar-refractivity contribution is 5.69. The third kappa shape index (κ3) is 5.87. The molecule has 98 valence electrons. The number of allylic oxidation sites excluding steroid dienone is 1. The van der Waals surface area contributed by atoms with E-state index in [-0.39, 0.29) is 11.9 Å². The maximum absolute atomic E-state index is 11.6. The summed E-state index contributed by atoms with van der Waals surface area (Å²) in [4.78, 5) is 11.6. The number of esters is 1. The average molecular weight is 239 g/mol. The Morgan fingerprint density at radius 3 is 2.82 bits per heavy atom. The number of ether oxygens (including phenoxy) is 1. The van der Waals surface area contributed by atoms with Gasteiger partial charge in [0.2, 0.25) is 0 Å². The van der Waals surface area contributed by atoms with E-state index in [0.29, 0.717) is 25.5 Å². The molecule has 0 saturated heterocycles. The second-order valence-corrected chi connectivity index (χ2v) is 5.35. The zero-order valence-electron chi connectivity index (χ0n) is 11.1. The Morgan fingerprint density at radius 2 is 2.29 bits per heavy atom. The minimum Gasteiger partial charge on any atom is -0.461 e. The van der Waals surface area contributed by atoms with E-state index in [1.807, 2.05) is 0 Å². The first-order chi connectivity index (χ1) is 8.11. The normalized spacial score (nSPS) is 17.1. The summed E-state index contributed by atoms with van der Waals surface area (Å²) in [5.41, 5.74) is 6.94. The molecule has 0 amide bonds. The molecule has 0 radical (unpaired) electrons. The first kappa shape index (κ1) is 14.2. The fraction of sp³-hybridized carbons (Fsp3) is 0.786. The summed E-state index contributed by atoms with van der Waals surface area (Å²) in [7, 11) is 0. The van der Waals surface area contributed by atoms with E-state index in [0.717, 1.165) is 19.3 Å². The van der Waals surface area contributed by atoms with Crippen LogP contribution in [0, 0.1) is 11.8 Å². The molecule has 0 saturated carbocycles. The van der Waals surface area contributed by atoms with Crippen molar-refractivity contribution in [2.45, 2.75) is 46.0 Å². The quantitative estimate of drug-likeness (QED) is 0.549. The van der Waals surface area contributed by atoms with Crippen LogP contribution in [0.5, 0.6) is 0 Å². The summed E-state index contributed by atoms with van der Waals surface area (Å²) < 4.78 is 5.28. The maximum Gasteiger partial charge on any atom is 0.306 e. The molecule has 1 aliphatic carbocycles. The van der Waals surface area contributed by atoms with Crippen molar-refractivity contribution in [2.24, 2.45) is 17.6 Å². The highest BCUT2D eigenvalue weighted by Gasteiger charge is 2.15. The van der Waals surface area contributed by atoms with E-state index >= 15 is 0 Å². The van der Waals surface area contributed by atoms with Crippen LogP contribution in [0.3, 0.4) is 0 Å². The van der Waals surface area contributed by atoms with E-state index in [2.05, 4.69) is 19.9 Å². The van der Waals surface area contributed by atoms with Gasteiger partial charge in [-0.1, -0.05) is 19.9 Å². The smallest absolute Gasteiger partial charge is 0.306 e. The molecule has 3 nitrogen and oxygen atoms in total. The third-order valence-corrected chi connectivity index (χ3v) is 3.15. The number of nitrogens with two attached hydrogens (primary N) is 1. The van der Waals surface area contributed by atoms with Gasteiger partial charge in [0.25, 0.3) is 0 Å². The lowest BCUT2D eigenvalue weighted by molar-refractivity contribution is -0.143. The number of carbonyl (C=O) groups is 1. The minimum atomic E-state index is -0.103. The third-order valence-electron chi connectivity index (χ3n) is 3.15. The van der Waals surface area contributed by atoms with Crippen LogP contribution < -0.4 is 5.73 Å². The predicted molar refractivity (Wildman–Crippen MR) is 69.5 cm³/mol. The van der Waals surface area contributed by atoms with Gasteiger partial charge in [-0.3, -0.25) is 4.79 Å². The molecule has 17 heavy (non-hydrogen) atoms. The summed E-state index contributed by atoms with van der Waals surface area (Å²) in [6.45, 7) is 5.35. The van der Waals surface area contributed by atoms with Gasteiger partial charge in [-0.2, -0.15) is 0 Å². The maximum atomic E-state index is 11.6. The van der Waals surface area contributed by atoms with Crippen LogP contribution in [-0.4, -0.2) is 19.1 Å². The Labute approximate surface area is 104 Å². The van der Waals surface area contributed by atoms with Gasteiger partial charge >= 0.3 is 5.97 Å². The lowest BCUT2D eigenvalue weighted by Gasteiger charge is -2.16. The van der Waals surface area contributed by atoms with Gasteiger partial charge in [-0.05, 0) is 49.6 Å². The topological polar surface area (TPSA) is 52.3 Å². The number of hydrogen-bond acceptors (Lipinski definition) is 3. The molecule has 0 fully saturated rings. The molecule has 1 atom stereocenters. The van der Waals surface area contributed by atoms with Crippen molar-refractivity contribution >= 4 is 5.97 Å². The summed E-state index contributed by atoms with van der Waals surface area (Å²) in [5, 5.41) is 0. The van der Waals surface area contributed by atoms with Crippen molar-refractivity contribution in [3.8, 4) is 0 Å². The van der Waals surface area contributed by atoms with Crippen molar-refractivity contribution < 1.29 is 9.53 Å². The van der Waals surface area contributed by atoms with Crippen LogP contribution in [0.4, 0.5) is 0 Å². The molecule has 0 aliphatic heterocycles. The molecule has 3 heteroatoms. The summed E-state index contributed by atoms with van der Waals surface area (Å²) in [6.07, 6.45) is 7.05. The summed E-state index contributed by atoms with van der Waals surface area (Å²) in [5.74, 6) is 0.739. The van der Waals surface area contributed by atoms with Crippen molar-refractivity contribution in [3.05, 3.63) is 11.6 Å². The molecule has 0 unspecified atom stereocenters. The van der Waals surface area contributed by atoms with Crippen molar-refractivity contribution in [1.29, 1.82) is 0 Å². The molecule has 0 heterocycles. The van der Waals surface area contributed by atoms with Crippen LogP contribution in [0.15, 0.2) is 11.6 Å². The molecule has 1 rings (SSSR count). The zero-order valence-corrected chi connectivity index (χ0v) is 11.1. The van der Waals surface area contributed by atoms with E-state index < -0.39 is 0 Å². The van der Waals surface area contributed by atoms with Crippen molar-refractivity contribution in [1.82, 2.24) is 0 Å². The van der Waals surface area contributed by atoms with E-state index in [1.54, 1.807) is 0 Å². The van der Waals surface area contributed by atoms with Crippen LogP contribution in [0.2, 0.25) is 0 Å². The lowest BCUT2D eigenvalue weighted by atomic mass is 9.94. The fourth-order valence-corrected chi connectivity index (χ4v) is 2.27. The van der Waals surface area contributed by atoms with Gasteiger partial charge in [0, 0.05) is 6.42 Å². The van der Waals surface area contributed by atoms with Gasteiger partial charge in [0.1, 0.15) is 6.61 Å². The number of rotatable bonds is 7. The number of carbonyl (C=O) groups excluding carboxylic acids is 1. The van der Waals surface area contributed by atoms with Crippen LogP contribution in [0.25, 0.3) is 0 Å². The van der Waals surface area contributed by atoms with Gasteiger partial charge in [-0.15, -0.1) is 0 Å². The molecule has 1 aliphatic rings. The Bertz CT molecular complexity index is 271. The van der Waals surface area contributed by atoms with Gasteiger partial charge < -0.3 is 10.5 Å². The van der Waals surface area contributed by atoms with Gasteiger partial charge in [-0.25, -0.2) is 0 Å². The van der Waals surface area contributed by atoms with Crippen LogP contribution in [-0.2, 0) is 9.53 Å². The molecular weight excluding hydrogens is 214 g/mol. The van der Waals surface area contributed by atoms with Gasteiger partial charge in [0.05, 0.1) is 0 Å². The Morgan fingerprint density at radius 1 is 1.53 bits per heavy atom. The second kappa shape index (κ2) is 7.49. The lowest BCUT2D eigenvalue weighted by Crippen LogP contribution is -2.21. The largest absolute Gasteiger partial charge is 0.461 e. The highest BCUT2D eigenvalue weighted by Crippen LogP contribution is 2.19. The molecule has 0 aromatic heterocycles. The van der Waals surface area contributed by atoms with E-state index in [4.69, 9.17) is 10.5 Å². The molecule has 0 bridgehead atoms. The summed E-state index contributed by atoms with van der Waals surface area (Å²) >= 11 is 0. The van der Waals surface area contributed by atoms with Crippen LogP contribution in [0.1, 0.15) is 46.0 Å². The Kier molecular flexibility index (Phi) is 6.27. The zero-order chi connectivity index (χ0) is 12.7. The van der Waals surface area contributed by atoms with E-state index in [9.17, 15) is 4.79 Å². The molecule has 2 N–H and O–H groups in total. The first-order valence-electron chi connectivity index (χ1n) is 6.65. The van der Waals surface area contributed by atoms with Gasteiger partial charge in [0.15, 0.2) is 0 Å². The highest BCUT2D eigenvalue weighted by atomic mass is 16.5. The molecular formula is C14H25NO2. The van der Waals surface area contributed by atoms with Crippen molar-refractivity contribution in [3.63, 3.8) is 0 Å². The van der Waals surface area contributed by atoms with Crippen molar-refractivity contribution in [2.75, 3.05) is 13.2 Å². The fourth-order valence-electron chi connectivity index (χ4n) is 2.27. The van der Waals surface area contributed by atoms with Crippen LogP contribution >= 0.6 is 0 Å². The molecule has 0 aromatic rings. The average Bonchev–Trinajstić information content (AvgIpc) is 2.77. The molecule has 0 spiro atoms. The predicted octanol–water partition coefficient (Wildman–Crippen LogP) is 2.65.